The van der Waals surface area contributed by atoms with E-state index >= 15 is 0 Å². The summed E-state index contributed by atoms with van der Waals surface area (Å²) in [5, 5.41) is 0.829. The summed E-state index contributed by atoms with van der Waals surface area (Å²) >= 11 is 0. The summed E-state index contributed by atoms with van der Waals surface area (Å²) in [7, 11) is -2.98. The van der Waals surface area contributed by atoms with Crippen LogP contribution in [0, 0.1) is 17.8 Å². The molecule has 1 aromatic rings. The summed E-state index contributed by atoms with van der Waals surface area (Å²) in [6, 6.07) is 9.81. The Morgan fingerprint density at radius 3 is 2.56 bits per heavy atom. The van der Waals surface area contributed by atoms with E-state index in [1.807, 2.05) is 36.1 Å². The van der Waals surface area contributed by atoms with E-state index in [0.29, 0.717) is 17.8 Å². The van der Waals surface area contributed by atoms with Crippen LogP contribution in [0.2, 0.25) is 0 Å². The van der Waals surface area contributed by atoms with Crippen molar-refractivity contribution in [3.05, 3.63) is 42.2 Å². The van der Waals surface area contributed by atoms with Gasteiger partial charge in [0.25, 0.3) is 7.37 Å². The Morgan fingerprint density at radius 1 is 1.15 bits per heavy atom. The molecule has 2 nitrogen and oxygen atoms in total. The minimum atomic E-state index is -2.98. The molecule has 1 aromatic carbocycles. The van der Waals surface area contributed by atoms with E-state index in [1.54, 1.807) is 0 Å². The molecule has 3 unspecified atom stereocenters. The van der Waals surface area contributed by atoms with E-state index in [2.05, 4.69) is 33.8 Å². The molecule has 3 heteroatoms. The van der Waals surface area contributed by atoms with Crippen molar-refractivity contribution in [1.82, 2.24) is 0 Å². The zero-order valence-electron chi connectivity index (χ0n) is 17.8. The number of benzene rings is 1. The lowest BCUT2D eigenvalue weighted by atomic mass is 9.75. The van der Waals surface area contributed by atoms with Gasteiger partial charge in [0, 0.05) is 11.1 Å². The molecule has 0 radical (unpaired) electrons. The van der Waals surface area contributed by atoms with Crippen LogP contribution in [0.25, 0.3) is 0 Å². The number of hydrogen-bond acceptors (Lipinski definition) is 2. The number of unbranched alkanes of at least 4 members (excludes halogenated alkanes) is 4. The maximum Gasteiger partial charge on any atom is 0.254 e. The van der Waals surface area contributed by atoms with Gasteiger partial charge in [0.15, 0.2) is 0 Å². The molecule has 1 aliphatic carbocycles. The molecule has 0 aliphatic heterocycles. The predicted octanol–water partition coefficient (Wildman–Crippen LogP) is 7.55. The topological polar surface area (TPSA) is 26.3 Å². The molecule has 0 heterocycles. The summed E-state index contributed by atoms with van der Waals surface area (Å²) in [6.45, 7) is 9.07. The summed E-state index contributed by atoms with van der Waals surface area (Å²) in [4.78, 5) is 0. The van der Waals surface area contributed by atoms with Crippen molar-refractivity contribution in [2.45, 2.75) is 85.2 Å². The molecule has 0 bridgehead atoms. The lowest BCUT2D eigenvalue weighted by molar-refractivity contribution is 0.0512. The van der Waals surface area contributed by atoms with Gasteiger partial charge in [-0.3, -0.25) is 4.57 Å². The fraction of sp³-hybridized carbons (Fsp3) is 0.667. The van der Waals surface area contributed by atoms with E-state index in [0.717, 1.165) is 24.6 Å². The van der Waals surface area contributed by atoms with Crippen molar-refractivity contribution in [1.29, 1.82) is 0 Å². The molecular weight excluding hydrogens is 351 g/mol. The molecule has 4 atom stereocenters. The molecule has 2 rings (SSSR count). The molecule has 0 saturated heterocycles. The largest absolute Gasteiger partial charge is 0.319 e. The molecule has 0 aromatic heterocycles. The van der Waals surface area contributed by atoms with Crippen molar-refractivity contribution in [2.24, 2.45) is 17.8 Å². The third-order valence-electron chi connectivity index (χ3n) is 5.90. The Bertz CT molecular complexity index is 608. The SMILES string of the molecule is CCCCCC/C=C/[P@@](=O)(OC1CC(C)CCC1C(C)C)c1ccccc1. The predicted molar refractivity (Wildman–Crippen MR) is 118 cm³/mol. The van der Waals surface area contributed by atoms with Gasteiger partial charge in [-0.15, -0.1) is 0 Å². The highest BCUT2D eigenvalue weighted by Gasteiger charge is 2.36. The number of hydrogen-bond donors (Lipinski definition) is 0. The average Bonchev–Trinajstić information content (AvgIpc) is 2.65. The summed E-state index contributed by atoms with van der Waals surface area (Å²) < 4.78 is 20.4. The Balaban J connectivity index is 2.16. The monoisotopic (exact) mass is 390 g/mol. The molecule has 0 spiro atoms. The fourth-order valence-corrected chi connectivity index (χ4v) is 6.18. The fourth-order valence-electron chi connectivity index (χ4n) is 4.16. The minimum Gasteiger partial charge on any atom is -0.319 e. The van der Waals surface area contributed by atoms with Gasteiger partial charge in [0.1, 0.15) is 0 Å². The van der Waals surface area contributed by atoms with Crippen LogP contribution in [-0.2, 0) is 9.09 Å². The third kappa shape index (κ3) is 6.91. The van der Waals surface area contributed by atoms with Crippen LogP contribution in [-0.4, -0.2) is 6.10 Å². The number of rotatable bonds is 10. The first kappa shape index (κ1) is 22.4. The van der Waals surface area contributed by atoms with Crippen LogP contribution in [0.3, 0.4) is 0 Å². The van der Waals surface area contributed by atoms with Gasteiger partial charge in [-0.2, -0.15) is 0 Å². The quantitative estimate of drug-likeness (QED) is 0.304. The van der Waals surface area contributed by atoms with E-state index in [1.165, 1.54) is 32.1 Å². The van der Waals surface area contributed by atoms with Crippen molar-refractivity contribution < 1.29 is 9.09 Å². The first-order chi connectivity index (χ1) is 13.0. The standard InChI is InChI=1S/C24H39O2P/c1-5-6-7-8-9-13-18-27(25,22-14-11-10-12-15-22)26-24-19-21(4)16-17-23(24)20(2)3/h10-15,18,20-21,23-24H,5-9,16-17,19H2,1-4H3/b18-13+/t21?,23?,24?,27-/m1/s1. The summed E-state index contributed by atoms with van der Waals surface area (Å²) in [6.07, 6.45) is 11.5. The first-order valence-corrected chi connectivity index (χ1v) is 12.7. The minimum absolute atomic E-state index is 0.0875. The van der Waals surface area contributed by atoms with Crippen molar-refractivity contribution in [3.8, 4) is 0 Å². The smallest absolute Gasteiger partial charge is 0.254 e. The third-order valence-corrected chi connectivity index (χ3v) is 8.10. The van der Waals surface area contributed by atoms with E-state index in [-0.39, 0.29) is 6.10 Å². The van der Waals surface area contributed by atoms with E-state index < -0.39 is 7.37 Å². The number of allylic oxidation sites excluding steroid dienone is 1. The lowest BCUT2D eigenvalue weighted by Crippen LogP contribution is -2.34. The van der Waals surface area contributed by atoms with Gasteiger partial charge in [-0.25, -0.2) is 0 Å². The first-order valence-electron chi connectivity index (χ1n) is 11.0. The highest BCUT2D eigenvalue weighted by Crippen LogP contribution is 2.52. The van der Waals surface area contributed by atoms with Crippen LogP contribution < -0.4 is 5.30 Å². The van der Waals surface area contributed by atoms with Gasteiger partial charge >= 0.3 is 0 Å². The van der Waals surface area contributed by atoms with Crippen molar-refractivity contribution >= 4 is 12.7 Å². The molecule has 27 heavy (non-hydrogen) atoms. The molecule has 0 amide bonds. The average molecular weight is 391 g/mol. The Kier molecular flexibility index (Phi) is 9.33. The Hall–Kier alpha value is -0.850. The second kappa shape index (κ2) is 11.2. The van der Waals surface area contributed by atoms with Crippen molar-refractivity contribution in [3.63, 3.8) is 0 Å². The molecular formula is C24H39O2P. The maximum atomic E-state index is 13.9. The van der Waals surface area contributed by atoms with Gasteiger partial charge in [0.05, 0.1) is 6.10 Å². The molecule has 0 N–H and O–H groups in total. The Morgan fingerprint density at radius 2 is 1.89 bits per heavy atom. The Labute approximate surface area is 167 Å². The lowest BCUT2D eigenvalue weighted by Gasteiger charge is -2.38. The van der Waals surface area contributed by atoms with Gasteiger partial charge in [-0.1, -0.05) is 77.7 Å². The van der Waals surface area contributed by atoms with Gasteiger partial charge in [0.2, 0.25) is 0 Å². The normalized spacial score (nSPS) is 25.7. The van der Waals surface area contributed by atoms with Gasteiger partial charge in [-0.05, 0) is 55.6 Å². The van der Waals surface area contributed by atoms with E-state index in [4.69, 9.17) is 4.52 Å². The summed E-state index contributed by atoms with van der Waals surface area (Å²) in [5.74, 6) is 3.60. The van der Waals surface area contributed by atoms with Crippen molar-refractivity contribution in [2.75, 3.05) is 0 Å². The maximum absolute atomic E-state index is 13.9. The summed E-state index contributed by atoms with van der Waals surface area (Å²) in [5.41, 5.74) is 0. The highest BCUT2D eigenvalue weighted by atomic mass is 31.2. The zero-order valence-corrected chi connectivity index (χ0v) is 18.7. The molecule has 1 aliphatic rings. The molecule has 1 saturated carbocycles. The second-order valence-electron chi connectivity index (χ2n) is 8.64. The molecule has 1 fully saturated rings. The van der Waals surface area contributed by atoms with Gasteiger partial charge < -0.3 is 4.52 Å². The van der Waals surface area contributed by atoms with Crippen LogP contribution in [0.15, 0.2) is 42.2 Å². The zero-order chi connectivity index (χ0) is 19.7. The van der Waals surface area contributed by atoms with Crippen LogP contribution in [0.1, 0.15) is 79.1 Å². The second-order valence-corrected chi connectivity index (χ2v) is 10.9. The van der Waals surface area contributed by atoms with Crippen LogP contribution >= 0.6 is 7.37 Å². The van der Waals surface area contributed by atoms with Crippen LogP contribution in [0.4, 0.5) is 0 Å². The molecule has 152 valence electrons. The highest BCUT2D eigenvalue weighted by molar-refractivity contribution is 7.70. The van der Waals surface area contributed by atoms with E-state index in [9.17, 15) is 4.57 Å². The van der Waals surface area contributed by atoms with Crippen LogP contribution in [0.5, 0.6) is 0 Å².